The maximum Gasteiger partial charge on any atom is 0.165 e. The van der Waals surface area contributed by atoms with Gasteiger partial charge >= 0.3 is 0 Å². The third-order valence-electron chi connectivity index (χ3n) is 4.33. The molecule has 0 saturated heterocycles. The zero-order chi connectivity index (χ0) is 13.7. The summed E-state index contributed by atoms with van der Waals surface area (Å²) < 4.78 is 5.87. The van der Waals surface area contributed by atoms with Crippen LogP contribution in [0.15, 0.2) is 30.3 Å². The Kier molecular flexibility index (Phi) is 5.15. The maximum absolute atomic E-state index is 11.9. The summed E-state index contributed by atoms with van der Waals surface area (Å²) in [6, 6.07) is 9.47. The van der Waals surface area contributed by atoms with E-state index in [1.54, 1.807) is 0 Å². The molecule has 1 aliphatic carbocycles. The van der Waals surface area contributed by atoms with Gasteiger partial charge in [0.15, 0.2) is 5.78 Å². The molecule has 1 aromatic rings. The third kappa shape index (κ3) is 4.17. The van der Waals surface area contributed by atoms with E-state index in [1.165, 1.54) is 6.42 Å². The van der Waals surface area contributed by atoms with Crippen LogP contribution in [0.5, 0.6) is 0 Å². The fraction of sp³-hybridized carbons (Fsp3) is 0.588. The summed E-state index contributed by atoms with van der Waals surface area (Å²) in [5, 5.41) is 0. The Bertz CT molecular complexity index is 399. The van der Waals surface area contributed by atoms with Gasteiger partial charge in [-0.1, -0.05) is 44.2 Å². The summed E-state index contributed by atoms with van der Waals surface area (Å²) in [6.45, 7) is 5.18. The molecule has 0 heterocycles. The van der Waals surface area contributed by atoms with Gasteiger partial charge < -0.3 is 4.74 Å². The van der Waals surface area contributed by atoms with E-state index in [0.29, 0.717) is 19.1 Å². The summed E-state index contributed by atoms with van der Waals surface area (Å²) in [6.07, 6.45) is 4.38. The molecule has 0 N–H and O–H groups in total. The highest BCUT2D eigenvalue weighted by Gasteiger charge is 2.24. The number of ether oxygens (including phenoxy) is 1. The molecule has 2 nitrogen and oxygen atoms in total. The average Bonchev–Trinajstić information content (AvgIpc) is 2.43. The number of ketones is 1. The summed E-state index contributed by atoms with van der Waals surface area (Å²) in [5.41, 5.74) is 0.789. The van der Waals surface area contributed by atoms with Crippen molar-refractivity contribution in [2.24, 2.45) is 11.8 Å². The van der Waals surface area contributed by atoms with Gasteiger partial charge in [0.05, 0.1) is 12.7 Å². The first kappa shape index (κ1) is 14.3. The Hall–Kier alpha value is -1.15. The number of hydrogen-bond acceptors (Lipinski definition) is 2. The minimum atomic E-state index is 0.179. The first-order chi connectivity index (χ1) is 9.16. The van der Waals surface area contributed by atoms with E-state index in [4.69, 9.17) is 4.74 Å². The van der Waals surface area contributed by atoms with E-state index in [0.717, 1.165) is 30.2 Å². The molecule has 0 spiro atoms. The predicted octanol–water partition coefficient (Wildman–Crippen LogP) is 4.10. The number of carbonyl (C=O) groups is 1. The molecule has 3 atom stereocenters. The Balaban J connectivity index is 1.71. The van der Waals surface area contributed by atoms with Gasteiger partial charge in [-0.25, -0.2) is 0 Å². The lowest BCUT2D eigenvalue weighted by Gasteiger charge is -2.31. The molecule has 0 aromatic heterocycles. The Morgan fingerprint density at radius 1 is 1.16 bits per heavy atom. The number of carbonyl (C=O) groups excluding carboxylic acids is 1. The monoisotopic (exact) mass is 260 g/mol. The summed E-state index contributed by atoms with van der Waals surface area (Å²) >= 11 is 0. The molecular weight excluding hydrogens is 236 g/mol. The first-order valence-electron chi connectivity index (χ1n) is 7.36. The second kappa shape index (κ2) is 6.85. The van der Waals surface area contributed by atoms with E-state index in [1.807, 2.05) is 30.3 Å². The highest BCUT2D eigenvalue weighted by Crippen LogP contribution is 2.30. The Labute approximate surface area is 116 Å². The highest BCUT2D eigenvalue weighted by atomic mass is 16.5. The molecule has 19 heavy (non-hydrogen) atoms. The van der Waals surface area contributed by atoms with Gasteiger partial charge in [-0.05, 0) is 31.1 Å². The maximum atomic E-state index is 11.9. The molecule has 3 unspecified atom stereocenters. The molecule has 0 aliphatic heterocycles. The van der Waals surface area contributed by atoms with E-state index in [-0.39, 0.29) is 5.78 Å². The molecule has 0 radical (unpaired) electrons. The molecule has 1 aromatic carbocycles. The van der Waals surface area contributed by atoms with Crippen LogP contribution < -0.4 is 0 Å². The number of rotatable bonds is 5. The topological polar surface area (TPSA) is 26.3 Å². The van der Waals surface area contributed by atoms with Crippen LogP contribution in [0, 0.1) is 11.8 Å². The molecule has 2 rings (SSSR count). The second-order valence-electron chi connectivity index (χ2n) is 5.80. The number of Topliss-reactive ketones (excluding diaryl/α,β-unsaturated/α-hetero) is 1. The smallest absolute Gasteiger partial charge is 0.165 e. The number of benzene rings is 1. The third-order valence-corrected chi connectivity index (χ3v) is 4.33. The zero-order valence-corrected chi connectivity index (χ0v) is 12.0. The van der Waals surface area contributed by atoms with Crippen LogP contribution in [0.3, 0.4) is 0 Å². The van der Waals surface area contributed by atoms with E-state index >= 15 is 0 Å². The fourth-order valence-electron chi connectivity index (χ4n) is 2.74. The Morgan fingerprint density at radius 2 is 1.89 bits per heavy atom. The van der Waals surface area contributed by atoms with E-state index in [2.05, 4.69) is 13.8 Å². The van der Waals surface area contributed by atoms with Crippen molar-refractivity contribution in [2.75, 3.05) is 6.61 Å². The minimum absolute atomic E-state index is 0.179. The quantitative estimate of drug-likeness (QED) is 0.745. The first-order valence-corrected chi connectivity index (χ1v) is 7.36. The standard InChI is InChI=1S/C17H24O2/c1-13-8-9-16(12-14(13)2)19-11-10-17(18)15-6-4-3-5-7-15/h3-7,13-14,16H,8-12H2,1-2H3. The lowest BCUT2D eigenvalue weighted by molar-refractivity contribution is 0.00284. The van der Waals surface area contributed by atoms with Gasteiger partial charge in [0.25, 0.3) is 0 Å². The van der Waals surface area contributed by atoms with Crippen molar-refractivity contribution in [3.63, 3.8) is 0 Å². The van der Waals surface area contributed by atoms with Gasteiger partial charge in [-0.3, -0.25) is 4.79 Å². The van der Waals surface area contributed by atoms with Crippen LogP contribution >= 0.6 is 0 Å². The van der Waals surface area contributed by atoms with E-state index < -0.39 is 0 Å². The van der Waals surface area contributed by atoms with Crippen molar-refractivity contribution in [3.8, 4) is 0 Å². The zero-order valence-electron chi connectivity index (χ0n) is 12.0. The number of hydrogen-bond donors (Lipinski definition) is 0. The summed E-state index contributed by atoms with van der Waals surface area (Å²) in [7, 11) is 0. The molecule has 1 fully saturated rings. The van der Waals surface area contributed by atoms with Crippen molar-refractivity contribution >= 4 is 5.78 Å². The SMILES string of the molecule is CC1CCC(OCCC(=O)c2ccccc2)CC1C. The van der Waals surface area contributed by atoms with Gasteiger partial charge in [0, 0.05) is 12.0 Å². The van der Waals surface area contributed by atoms with Crippen molar-refractivity contribution in [2.45, 2.75) is 45.6 Å². The molecule has 0 bridgehead atoms. The average molecular weight is 260 g/mol. The van der Waals surface area contributed by atoms with Crippen LogP contribution in [0.4, 0.5) is 0 Å². The van der Waals surface area contributed by atoms with Crippen molar-refractivity contribution in [1.82, 2.24) is 0 Å². The van der Waals surface area contributed by atoms with Crippen molar-refractivity contribution in [3.05, 3.63) is 35.9 Å². The lowest BCUT2D eigenvalue weighted by Crippen LogP contribution is -2.27. The summed E-state index contributed by atoms with van der Waals surface area (Å²) in [5.74, 6) is 1.73. The predicted molar refractivity (Wildman–Crippen MR) is 77.3 cm³/mol. The molecule has 2 heteroatoms. The van der Waals surface area contributed by atoms with Gasteiger partial charge in [-0.15, -0.1) is 0 Å². The van der Waals surface area contributed by atoms with Crippen LogP contribution in [-0.2, 0) is 4.74 Å². The van der Waals surface area contributed by atoms with Crippen LogP contribution in [0.2, 0.25) is 0 Å². The highest BCUT2D eigenvalue weighted by molar-refractivity contribution is 5.96. The molecule has 1 aliphatic rings. The fourth-order valence-corrected chi connectivity index (χ4v) is 2.74. The van der Waals surface area contributed by atoms with Gasteiger partial charge in [0.1, 0.15) is 0 Å². The largest absolute Gasteiger partial charge is 0.378 e. The van der Waals surface area contributed by atoms with E-state index in [9.17, 15) is 4.79 Å². The van der Waals surface area contributed by atoms with Crippen LogP contribution in [0.25, 0.3) is 0 Å². The molecule has 104 valence electrons. The minimum Gasteiger partial charge on any atom is -0.378 e. The summed E-state index contributed by atoms with van der Waals surface area (Å²) in [4.78, 5) is 11.9. The van der Waals surface area contributed by atoms with Crippen molar-refractivity contribution in [1.29, 1.82) is 0 Å². The lowest BCUT2D eigenvalue weighted by atomic mass is 9.80. The van der Waals surface area contributed by atoms with Crippen LogP contribution in [-0.4, -0.2) is 18.5 Å². The second-order valence-corrected chi connectivity index (χ2v) is 5.80. The van der Waals surface area contributed by atoms with Gasteiger partial charge in [-0.2, -0.15) is 0 Å². The van der Waals surface area contributed by atoms with Crippen molar-refractivity contribution < 1.29 is 9.53 Å². The molecular formula is C17H24O2. The normalized spacial score (nSPS) is 27.2. The van der Waals surface area contributed by atoms with Crippen LogP contribution in [0.1, 0.15) is 49.9 Å². The Morgan fingerprint density at radius 3 is 2.58 bits per heavy atom. The van der Waals surface area contributed by atoms with Gasteiger partial charge in [0.2, 0.25) is 0 Å². The molecule has 1 saturated carbocycles. The molecule has 0 amide bonds.